The van der Waals surface area contributed by atoms with E-state index in [1.165, 1.54) is 39.5 Å². The molecule has 3 aromatic rings. The zero-order chi connectivity index (χ0) is 19.6. The number of methoxy groups -OCH3 is 3. The Balaban J connectivity index is 2.07. The van der Waals surface area contributed by atoms with E-state index in [2.05, 4.69) is 15.2 Å². The van der Waals surface area contributed by atoms with Crippen LogP contribution in [0.1, 0.15) is 0 Å². The molecular formula is C17H16N4O6. The fraction of sp³-hybridized carbons (Fsp3) is 0.176. The fourth-order valence-corrected chi connectivity index (χ4v) is 2.55. The number of hydrogen-bond acceptors (Lipinski definition) is 8. The van der Waals surface area contributed by atoms with Crippen LogP contribution >= 0.6 is 0 Å². The van der Waals surface area contributed by atoms with E-state index in [1.54, 1.807) is 12.1 Å². The maximum Gasteiger partial charge on any atom is 0.270 e. The van der Waals surface area contributed by atoms with Crippen LogP contribution in [0.5, 0.6) is 23.0 Å². The highest BCUT2D eigenvalue weighted by Crippen LogP contribution is 2.41. The standard InChI is InChI=1S/C17H16N4O6/c1-25-13-6-9(7-14(26-2)15(13)27-3)16-18-17(20-19-16)11-8-10(21(23)24)4-5-12(11)22/h4-8,22H,1-3H3,(H,18,19,20). The lowest BCUT2D eigenvalue weighted by Gasteiger charge is -2.12. The Labute approximate surface area is 153 Å². The minimum Gasteiger partial charge on any atom is -0.507 e. The number of phenolic OH excluding ortho intramolecular Hbond substituents is 1. The monoisotopic (exact) mass is 372 g/mol. The maximum atomic E-state index is 11.0. The van der Waals surface area contributed by atoms with Gasteiger partial charge >= 0.3 is 0 Å². The molecule has 0 aliphatic carbocycles. The normalized spacial score (nSPS) is 10.5. The average molecular weight is 372 g/mol. The second-order valence-electron chi connectivity index (χ2n) is 5.38. The molecule has 1 heterocycles. The van der Waals surface area contributed by atoms with E-state index in [1.807, 2.05) is 0 Å². The Kier molecular flexibility index (Phi) is 4.79. The number of nitrogens with one attached hydrogen (secondary N) is 1. The van der Waals surface area contributed by atoms with Crippen molar-refractivity contribution in [2.24, 2.45) is 0 Å². The van der Waals surface area contributed by atoms with Crippen molar-refractivity contribution < 1.29 is 24.2 Å². The molecule has 0 saturated carbocycles. The first-order chi connectivity index (χ1) is 13.0. The number of nitrogens with zero attached hydrogens (tertiary/aromatic N) is 3. The van der Waals surface area contributed by atoms with E-state index >= 15 is 0 Å². The Morgan fingerprint density at radius 2 is 1.74 bits per heavy atom. The summed E-state index contributed by atoms with van der Waals surface area (Å²) in [7, 11) is 4.48. The Bertz CT molecular complexity index is 976. The van der Waals surface area contributed by atoms with Crippen LogP contribution in [-0.4, -0.2) is 46.5 Å². The van der Waals surface area contributed by atoms with Crippen LogP contribution in [0.2, 0.25) is 0 Å². The number of nitro benzene ring substituents is 1. The summed E-state index contributed by atoms with van der Waals surface area (Å²) < 4.78 is 15.9. The Morgan fingerprint density at radius 1 is 1.07 bits per heavy atom. The first kappa shape index (κ1) is 18.0. The highest BCUT2D eigenvalue weighted by atomic mass is 16.6. The second kappa shape index (κ2) is 7.20. The van der Waals surface area contributed by atoms with E-state index in [-0.39, 0.29) is 28.6 Å². The number of aromatic hydroxyl groups is 1. The quantitative estimate of drug-likeness (QED) is 0.498. The molecule has 3 rings (SSSR count). The van der Waals surface area contributed by atoms with Crippen LogP contribution in [0, 0.1) is 10.1 Å². The van der Waals surface area contributed by atoms with Crippen molar-refractivity contribution in [3.05, 3.63) is 40.4 Å². The van der Waals surface area contributed by atoms with E-state index in [4.69, 9.17) is 14.2 Å². The van der Waals surface area contributed by atoms with Crippen molar-refractivity contribution >= 4 is 5.69 Å². The molecule has 2 aromatic carbocycles. The van der Waals surface area contributed by atoms with Crippen LogP contribution in [0.3, 0.4) is 0 Å². The van der Waals surface area contributed by atoms with E-state index < -0.39 is 4.92 Å². The second-order valence-corrected chi connectivity index (χ2v) is 5.38. The maximum absolute atomic E-state index is 11.0. The summed E-state index contributed by atoms with van der Waals surface area (Å²) in [4.78, 5) is 14.7. The summed E-state index contributed by atoms with van der Waals surface area (Å²) in [6.45, 7) is 0. The highest BCUT2D eigenvalue weighted by molar-refractivity contribution is 5.71. The van der Waals surface area contributed by atoms with Crippen molar-refractivity contribution in [1.82, 2.24) is 15.2 Å². The molecule has 140 valence electrons. The number of phenols is 1. The number of aromatic amines is 1. The van der Waals surface area contributed by atoms with Gasteiger partial charge in [-0.05, 0) is 18.2 Å². The third-order valence-corrected chi connectivity index (χ3v) is 3.85. The number of aromatic nitrogens is 3. The molecule has 0 fully saturated rings. The summed E-state index contributed by atoms with van der Waals surface area (Å²) in [6.07, 6.45) is 0. The van der Waals surface area contributed by atoms with Crippen molar-refractivity contribution in [3.8, 4) is 45.8 Å². The molecular weight excluding hydrogens is 356 g/mol. The number of benzene rings is 2. The summed E-state index contributed by atoms with van der Waals surface area (Å²) in [5, 5.41) is 27.8. The van der Waals surface area contributed by atoms with Crippen LogP contribution in [-0.2, 0) is 0 Å². The van der Waals surface area contributed by atoms with Crippen molar-refractivity contribution in [3.63, 3.8) is 0 Å². The summed E-state index contributed by atoms with van der Waals surface area (Å²) in [5.41, 5.74) is 0.556. The van der Waals surface area contributed by atoms with Gasteiger partial charge in [0, 0.05) is 17.7 Å². The first-order valence-electron chi connectivity index (χ1n) is 7.69. The lowest BCUT2D eigenvalue weighted by atomic mass is 10.1. The van der Waals surface area contributed by atoms with Crippen molar-refractivity contribution in [2.75, 3.05) is 21.3 Å². The average Bonchev–Trinajstić information content (AvgIpc) is 3.16. The zero-order valence-corrected chi connectivity index (χ0v) is 14.7. The molecule has 0 spiro atoms. The van der Waals surface area contributed by atoms with Gasteiger partial charge in [-0.25, -0.2) is 4.98 Å². The van der Waals surface area contributed by atoms with Gasteiger partial charge in [-0.1, -0.05) is 0 Å². The predicted molar refractivity (Wildman–Crippen MR) is 95.2 cm³/mol. The number of nitro groups is 1. The van der Waals surface area contributed by atoms with Crippen LogP contribution in [0.4, 0.5) is 5.69 Å². The summed E-state index contributed by atoms with van der Waals surface area (Å²) in [5.74, 6) is 1.59. The topological polar surface area (TPSA) is 133 Å². The largest absolute Gasteiger partial charge is 0.507 e. The fourth-order valence-electron chi connectivity index (χ4n) is 2.55. The van der Waals surface area contributed by atoms with Gasteiger partial charge in [-0.15, -0.1) is 0 Å². The third-order valence-electron chi connectivity index (χ3n) is 3.85. The summed E-state index contributed by atoms with van der Waals surface area (Å²) in [6, 6.07) is 6.99. The van der Waals surface area contributed by atoms with Gasteiger partial charge < -0.3 is 19.3 Å². The Morgan fingerprint density at radius 3 is 2.30 bits per heavy atom. The number of rotatable bonds is 6. The molecule has 0 aliphatic heterocycles. The van der Waals surface area contributed by atoms with Gasteiger partial charge in [0.15, 0.2) is 23.1 Å². The van der Waals surface area contributed by atoms with Crippen molar-refractivity contribution in [2.45, 2.75) is 0 Å². The number of ether oxygens (including phenoxy) is 3. The minimum atomic E-state index is -0.556. The van der Waals surface area contributed by atoms with Crippen molar-refractivity contribution in [1.29, 1.82) is 0 Å². The molecule has 0 radical (unpaired) electrons. The van der Waals surface area contributed by atoms with Gasteiger partial charge in [0.1, 0.15) is 5.75 Å². The molecule has 0 unspecified atom stereocenters. The predicted octanol–water partition coefficient (Wildman–Crippen LogP) is 2.78. The van der Waals surface area contributed by atoms with Crippen LogP contribution in [0.15, 0.2) is 30.3 Å². The molecule has 1 aromatic heterocycles. The van der Waals surface area contributed by atoms with Gasteiger partial charge in [0.2, 0.25) is 5.75 Å². The lowest BCUT2D eigenvalue weighted by molar-refractivity contribution is -0.384. The number of non-ortho nitro benzene ring substituents is 1. The number of H-pyrrole nitrogens is 1. The molecule has 10 heteroatoms. The third kappa shape index (κ3) is 3.32. The molecule has 10 nitrogen and oxygen atoms in total. The smallest absolute Gasteiger partial charge is 0.270 e. The lowest BCUT2D eigenvalue weighted by Crippen LogP contribution is -1.96. The molecule has 2 N–H and O–H groups in total. The molecule has 0 aliphatic rings. The van der Waals surface area contributed by atoms with Crippen LogP contribution < -0.4 is 14.2 Å². The van der Waals surface area contributed by atoms with Crippen LogP contribution in [0.25, 0.3) is 22.8 Å². The molecule has 0 amide bonds. The van der Waals surface area contributed by atoms with Gasteiger partial charge in [-0.2, -0.15) is 5.10 Å². The van der Waals surface area contributed by atoms with E-state index in [9.17, 15) is 15.2 Å². The van der Waals surface area contributed by atoms with E-state index in [0.717, 1.165) is 0 Å². The van der Waals surface area contributed by atoms with Gasteiger partial charge in [-0.3, -0.25) is 15.2 Å². The molecule has 0 atom stereocenters. The van der Waals surface area contributed by atoms with Gasteiger partial charge in [0.25, 0.3) is 5.69 Å². The number of hydrogen-bond donors (Lipinski definition) is 2. The highest BCUT2D eigenvalue weighted by Gasteiger charge is 2.19. The SMILES string of the molecule is COc1cc(-c2n[nH]c(-c3cc([N+](=O)[O-])ccc3O)n2)cc(OC)c1OC. The zero-order valence-electron chi connectivity index (χ0n) is 14.7. The minimum absolute atomic E-state index is 0.159. The molecule has 27 heavy (non-hydrogen) atoms. The van der Waals surface area contributed by atoms with E-state index in [0.29, 0.717) is 22.8 Å². The molecule has 0 saturated heterocycles. The van der Waals surface area contributed by atoms with Gasteiger partial charge in [0.05, 0.1) is 31.8 Å². The summed E-state index contributed by atoms with van der Waals surface area (Å²) >= 11 is 0. The Hall–Kier alpha value is -3.82. The molecule has 0 bridgehead atoms. The first-order valence-corrected chi connectivity index (χ1v) is 7.69.